The second-order valence-corrected chi connectivity index (χ2v) is 6.10. The highest BCUT2D eigenvalue weighted by atomic mass is 16.5. The Bertz CT molecular complexity index is 1090. The number of fused-ring (bicyclic) bond motifs is 1. The van der Waals surface area contributed by atoms with Crippen LogP contribution in [0.25, 0.3) is 22.2 Å². The van der Waals surface area contributed by atoms with Crippen molar-refractivity contribution in [2.24, 2.45) is 0 Å². The highest BCUT2D eigenvalue weighted by Crippen LogP contribution is 2.26. The number of aromatic carboxylic acids is 1. The molecule has 0 amide bonds. The maximum absolute atomic E-state index is 10.9. The molecule has 27 heavy (non-hydrogen) atoms. The van der Waals surface area contributed by atoms with E-state index in [4.69, 9.17) is 9.84 Å². The fourth-order valence-electron chi connectivity index (χ4n) is 2.78. The van der Waals surface area contributed by atoms with Gasteiger partial charge in [-0.3, -0.25) is 0 Å². The summed E-state index contributed by atoms with van der Waals surface area (Å²) in [4.78, 5) is 19.2. The molecule has 0 bridgehead atoms. The number of carboxylic acid groups (broad SMARTS) is 1. The van der Waals surface area contributed by atoms with E-state index in [1.54, 1.807) is 0 Å². The highest BCUT2D eigenvalue weighted by molar-refractivity contribution is 5.88. The molecule has 0 fully saturated rings. The topological polar surface area (TPSA) is 72.3 Å². The first-order chi connectivity index (χ1) is 13.2. The number of rotatable bonds is 5. The van der Waals surface area contributed by atoms with Gasteiger partial charge in [-0.25, -0.2) is 14.8 Å². The van der Waals surface area contributed by atoms with E-state index in [9.17, 15) is 4.79 Å². The molecule has 0 spiro atoms. The Morgan fingerprint density at radius 1 is 0.889 bits per heavy atom. The summed E-state index contributed by atoms with van der Waals surface area (Å²) in [6.07, 6.45) is 2.63. The Balaban J connectivity index is 1.55. The molecule has 1 N–H and O–H groups in total. The van der Waals surface area contributed by atoms with Gasteiger partial charge in [-0.05, 0) is 34.5 Å². The normalized spacial score (nSPS) is 10.7. The third kappa shape index (κ3) is 3.77. The van der Waals surface area contributed by atoms with E-state index in [1.165, 1.54) is 12.4 Å². The van der Waals surface area contributed by atoms with Gasteiger partial charge in [-0.2, -0.15) is 0 Å². The molecule has 0 aliphatic rings. The molecule has 132 valence electrons. The summed E-state index contributed by atoms with van der Waals surface area (Å²) in [5.41, 5.74) is 2.02. The molecule has 1 heterocycles. The van der Waals surface area contributed by atoms with Gasteiger partial charge in [0.2, 0.25) is 0 Å². The largest absolute Gasteiger partial charge is 0.489 e. The molecule has 5 heteroatoms. The number of hydrogen-bond donors (Lipinski definition) is 1. The van der Waals surface area contributed by atoms with E-state index in [-0.39, 0.29) is 5.56 Å². The molecule has 3 aromatic carbocycles. The number of carboxylic acids is 1. The Labute approximate surface area is 155 Å². The van der Waals surface area contributed by atoms with Crippen molar-refractivity contribution in [1.29, 1.82) is 0 Å². The van der Waals surface area contributed by atoms with Crippen molar-refractivity contribution >= 4 is 16.7 Å². The molecule has 4 aromatic rings. The van der Waals surface area contributed by atoms with Gasteiger partial charge >= 0.3 is 5.97 Å². The lowest BCUT2D eigenvalue weighted by Crippen LogP contribution is -1.99. The summed E-state index contributed by atoms with van der Waals surface area (Å²) in [5.74, 6) is 0.260. The summed E-state index contributed by atoms with van der Waals surface area (Å²) in [5, 5.41) is 11.0. The van der Waals surface area contributed by atoms with Crippen LogP contribution in [-0.2, 0) is 6.61 Å². The Kier molecular flexibility index (Phi) is 4.49. The number of ether oxygens (including phenoxy) is 1. The lowest BCUT2D eigenvalue weighted by atomic mass is 10.1. The maximum atomic E-state index is 10.9. The first kappa shape index (κ1) is 16.7. The number of carbonyl (C=O) groups is 1. The minimum atomic E-state index is -1.04. The van der Waals surface area contributed by atoms with Crippen LogP contribution in [0.5, 0.6) is 5.75 Å². The molecule has 5 nitrogen and oxygen atoms in total. The van der Waals surface area contributed by atoms with Crippen LogP contribution in [0.1, 0.15) is 15.9 Å². The summed E-state index contributed by atoms with van der Waals surface area (Å²) in [6, 6.07) is 21.8. The monoisotopic (exact) mass is 356 g/mol. The van der Waals surface area contributed by atoms with Crippen molar-refractivity contribution in [2.45, 2.75) is 6.61 Å². The van der Waals surface area contributed by atoms with Gasteiger partial charge < -0.3 is 9.84 Å². The molecule has 0 aliphatic carbocycles. The summed E-state index contributed by atoms with van der Waals surface area (Å²) in [6.45, 7) is 0.522. The van der Waals surface area contributed by atoms with Crippen molar-refractivity contribution in [1.82, 2.24) is 9.97 Å². The maximum Gasteiger partial charge on any atom is 0.338 e. The van der Waals surface area contributed by atoms with Gasteiger partial charge in [0, 0.05) is 18.0 Å². The Morgan fingerprint density at radius 2 is 1.59 bits per heavy atom. The Morgan fingerprint density at radius 3 is 2.33 bits per heavy atom. The highest BCUT2D eigenvalue weighted by Gasteiger charge is 2.07. The minimum Gasteiger partial charge on any atom is -0.489 e. The SMILES string of the molecule is O=C(O)c1cnc(-c2ccc3cc(OCc4ccccc4)ccc3c2)nc1. The number of nitrogens with zero attached hydrogens (tertiary/aromatic N) is 2. The zero-order chi connectivity index (χ0) is 18.6. The molecule has 4 rings (SSSR count). The fraction of sp³-hybridized carbons (Fsp3) is 0.0455. The van der Waals surface area contributed by atoms with Crippen molar-refractivity contribution in [3.05, 3.63) is 90.3 Å². The molecule has 0 unspecified atom stereocenters. The third-order valence-corrected chi connectivity index (χ3v) is 4.22. The van der Waals surface area contributed by atoms with Crippen LogP contribution in [0.3, 0.4) is 0 Å². The van der Waals surface area contributed by atoms with Crippen LogP contribution in [0, 0.1) is 0 Å². The van der Waals surface area contributed by atoms with Crippen molar-refractivity contribution < 1.29 is 14.6 Å². The van der Waals surface area contributed by atoms with Crippen LogP contribution in [0.4, 0.5) is 0 Å². The van der Waals surface area contributed by atoms with Crippen LogP contribution < -0.4 is 4.74 Å². The lowest BCUT2D eigenvalue weighted by Gasteiger charge is -2.08. The number of aromatic nitrogens is 2. The van der Waals surface area contributed by atoms with Gasteiger partial charge in [0.05, 0.1) is 5.56 Å². The molecule has 0 radical (unpaired) electrons. The van der Waals surface area contributed by atoms with Crippen LogP contribution >= 0.6 is 0 Å². The lowest BCUT2D eigenvalue weighted by molar-refractivity contribution is 0.0696. The zero-order valence-corrected chi connectivity index (χ0v) is 14.4. The summed E-state index contributed by atoms with van der Waals surface area (Å²) in [7, 11) is 0. The predicted octanol–water partition coefficient (Wildman–Crippen LogP) is 4.57. The molecule has 1 aromatic heterocycles. The molecular weight excluding hydrogens is 340 g/mol. The first-order valence-electron chi connectivity index (χ1n) is 8.45. The van der Waals surface area contributed by atoms with Crippen LogP contribution in [-0.4, -0.2) is 21.0 Å². The van der Waals surface area contributed by atoms with Gasteiger partial charge in [0.15, 0.2) is 5.82 Å². The predicted molar refractivity (Wildman–Crippen MR) is 103 cm³/mol. The molecular formula is C22H16N2O3. The van der Waals surface area contributed by atoms with E-state index in [0.717, 1.165) is 27.6 Å². The van der Waals surface area contributed by atoms with E-state index >= 15 is 0 Å². The first-order valence-corrected chi connectivity index (χ1v) is 8.45. The molecule has 0 atom stereocenters. The van der Waals surface area contributed by atoms with E-state index in [0.29, 0.717) is 12.4 Å². The van der Waals surface area contributed by atoms with Crippen molar-refractivity contribution in [3.63, 3.8) is 0 Å². The van der Waals surface area contributed by atoms with E-state index in [1.807, 2.05) is 66.7 Å². The Hall–Kier alpha value is -3.73. The average Bonchev–Trinajstić information content (AvgIpc) is 2.72. The van der Waals surface area contributed by atoms with Gasteiger partial charge in [0.25, 0.3) is 0 Å². The van der Waals surface area contributed by atoms with Gasteiger partial charge in [0.1, 0.15) is 12.4 Å². The minimum absolute atomic E-state index is 0.0692. The molecule has 0 saturated carbocycles. The third-order valence-electron chi connectivity index (χ3n) is 4.22. The molecule has 0 aliphatic heterocycles. The smallest absolute Gasteiger partial charge is 0.338 e. The van der Waals surface area contributed by atoms with E-state index < -0.39 is 5.97 Å². The standard InChI is InChI=1S/C22H16N2O3/c25-22(26)19-12-23-21(24-13-19)18-7-6-17-11-20(9-8-16(17)10-18)27-14-15-4-2-1-3-5-15/h1-13H,14H2,(H,25,26). The zero-order valence-electron chi connectivity index (χ0n) is 14.4. The van der Waals surface area contributed by atoms with Gasteiger partial charge in [-0.1, -0.05) is 48.5 Å². The quantitative estimate of drug-likeness (QED) is 0.567. The van der Waals surface area contributed by atoms with Crippen LogP contribution in [0.15, 0.2) is 79.1 Å². The second-order valence-electron chi connectivity index (χ2n) is 6.10. The van der Waals surface area contributed by atoms with Crippen molar-refractivity contribution in [3.8, 4) is 17.1 Å². The van der Waals surface area contributed by atoms with Crippen molar-refractivity contribution in [2.75, 3.05) is 0 Å². The molecule has 0 saturated heterocycles. The summed E-state index contributed by atoms with van der Waals surface area (Å²) < 4.78 is 5.87. The summed E-state index contributed by atoms with van der Waals surface area (Å²) >= 11 is 0. The van der Waals surface area contributed by atoms with E-state index in [2.05, 4.69) is 9.97 Å². The number of hydrogen-bond acceptors (Lipinski definition) is 4. The second kappa shape index (κ2) is 7.25. The average molecular weight is 356 g/mol. The van der Waals surface area contributed by atoms with Gasteiger partial charge in [-0.15, -0.1) is 0 Å². The number of benzene rings is 3. The van der Waals surface area contributed by atoms with Crippen LogP contribution in [0.2, 0.25) is 0 Å². The fourth-order valence-corrected chi connectivity index (χ4v) is 2.78.